The second-order valence-corrected chi connectivity index (χ2v) is 5.08. The molecular weight excluding hydrogens is 267 g/mol. The fourth-order valence-corrected chi connectivity index (χ4v) is 2.46. The highest BCUT2D eigenvalue weighted by atomic mass is 19.4. The standard InChI is InChI=1S/C15H18F3NO/c1-11(19-13-5-3-2-4-6-13)12-7-9-14(10-8-12)20-15(16,17)18/h7-10,13H,2-6H2,1H3. The van der Waals surface area contributed by atoms with Crippen molar-refractivity contribution < 1.29 is 17.9 Å². The Morgan fingerprint density at radius 2 is 1.70 bits per heavy atom. The van der Waals surface area contributed by atoms with Gasteiger partial charge in [-0.3, -0.25) is 4.99 Å². The van der Waals surface area contributed by atoms with Gasteiger partial charge in [0.1, 0.15) is 5.75 Å². The molecule has 1 aromatic carbocycles. The second-order valence-electron chi connectivity index (χ2n) is 5.08. The monoisotopic (exact) mass is 285 g/mol. The minimum atomic E-state index is -4.65. The zero-order valence-electron chi connectivity index (χ0n) is 11.4. The van der Waals surface area contributed by atoms with Crippen LogP contribution in [0, 0.1) is 0 Å². The van der Waals surface area contributed by atoms with Crippen LogP contribution in [0.1, 0.15) is 44.6 Å². The summed E-state index contributed by atoms with van der Waals surface area (Å²) in [7, 11) is 0. The SMILES string of the molecule is CC(=NC1CCCCC1)c1ccc(OC(F)(F)F)cc1. The lowest BCUT2D eigenvalue weighted by atomic mass is 9.95. The fraction of sp³-hybridized carbons (Fsp3) is 0.533. The van der Waals surface area contributed by atoms with Gasteiger partial charge in [-0.2, -0.15) is 0 Å². The number of hydrogen-bond acceptors (Lipinski definition) is 2. The number of hydrogen-bond donors (Lipinski definition) is 0. The Bertz CT molecular complexity index is 459. The molecule has 20 heavy (non-hydrogen) atoms. The Morgan fingerprint density at radius 1 is 1.10 bits per heavy atom. The molecule has 0 N–H and O–H groups in total. The molecule has 2 rings (SSSR count). The van der Waals surface area contributed by atoms with E-state index >= 15 is 0 Å². The summed E-state index contributed by atoms with van der Waals surface area (Å²) in [6.07, 6.45) is 1.25. The lowest BCUT2D eigenvalue weighted by molar-refractivity contribution is -0.274. The molecule has 2 nitrogen and oxygen atoms in total. The van der Waals surface area contributed by atoms with Crippen LogP contribution in [-0.4, -0.2) is 18.1 Å². The molecule has 1 aliphatic carbocycles. The van der Waals surface area contributed by atoms with Gasteiger partial charge in [-0.05, 0) is 49.6 Å². The van der Waals surface area contributed by atoms with E-state index < -0.39 is 6.36 Å². The van der Waals surface area contributed by atoms with E-state index in [-0.39, 0.29) is 5.75 Å². The Balaban J connectivity index is 2.03. The van der Waals surface area contributed by atoms with Gasteiger partial charge < -0.3 is 4.74 Å². The fourth-order valence-electron chi connectivity index (χ4n) is 2.46. The molecule has 0 radical (unpaired) electrons. The van der Waals surface area contributed by atoms with E-state index in [1.807, 2.05) is 6.92 Å². The van der Waals surface area contributed by atoms with Crippen molar-refractivity contribution in [3.63, 3.8) is 0 Å². The highest BCUT2D eigenvalue weighted by Gasteiger charge is 2.30. The highest BCUT2D eigenvalue weighted by molar-refractivity contribution is 5.98. The first-order chi connectivity index (χ1) is 9.44. The molecule has 0 aliphatic heterocycles. The zero-order valence-corrected chi connectivity index (χ0v) is 11.4. The lowest BCUT2D eigenvalue weighted by Gasteiger charge is -2.18. The maximum absolute atomic E-state index is 12.1. The minimum Gasteiger partial charge on any atom is -0.406 e. The second kappa shape index (κ2) is 6.29. The summed E-state index contributed by atoms with van der Waals surface area (Å²) in [5, 5.41) is 0. The molecule has 1 aromatic rings. The largest absolute Gasteiger partial charge is 0.573 e. The Morgan fingerprint density at radius 3 is 2.25 bits per heavy atom. The molecule has 0 aromatic heterocycles. The van der Waals surface area contributed by atoms with Crippen molar-refractivity contribution >= 4 is 5.71 Å². The number of halogens is 3. The van der Waals surface area contributed by atoms with E-state index in [9.17, 15) is 13.2 Å². The lowest BCUT2D eigenvalue weighted by Crippen LogP contribution is -2.17. The van der Waals surface area contributed by atoms with Crippen molar-refractivity contribution in [1.29, 1.82) is 0 Å². The summed E-state index contributed by atoms with van der Waals surface area (Å²) < 4.78 is 40.0. The number of benzene rings is 1. The Hall–Kier alpha value is -1.52. The third-order valence-electron chi connectivity index (χ3n) is 3.46. The first-order valence-electron chi connectivity index (χ1n) is 6.84. The number of alkyl halides is 3. The summed E-state index contributed by atoms with van der Waals surface area (Å²) >= 11 is 0. The topological polar surface area (TPSA) is 21.6 Å². The summed E-state index contributed by atoms with van der Waals surface area (Å²) in [5.41, 5.74) is 1.71. The molecule has 0 unspecified atom stereocenters. The van der Waals surface area contributed by atoms with E-state index in [2.05, 4.69) is 9.73 Å². The van der Waals surface area contributed by atoms with Crippen molar-refractivity contribution in [3.05, 3.63) is 29.8 Å². The van der Waals surface area contributed by atoms with Gasteiger partial charge in [0.2, 0.25) is 0 Å². The highest BCUT2D eigenvalue weighted by Crippen LogP contribution is 2.24. The molecule has 0 saturated heterocycles. The van der Waals surface area contributed by atoms with E-state index in [0.29, 0.717) is 6.04 Å². The van der Waals surface area contributed by atoms with E-state index in [0.717, 1.165) is 24.1 Å². The molecule has 0 atom stereocenters. The van der Waals surface area contributed by atoms with Gasteiger partial charge in [-0.25, -0.2) is 0 Å². The van der Waals surface area contributed by atoms with Gasteiger partial charge in [0.15, 0.2) is 0 Å². The zero-order chi connectivity index (χ0) is 14.6. The van der Waals surface area contributed by atoms with Crippen LogP contribution in [0.25, 0.3) is 0 Å². The third kappa shape index (κ3) is 4.54. The van der Waals surface area contributed by atoms with Crippen LogP contribution in [0.4, 0.5) is 13.2 Å². The summed E-state index contributed by atoms with van der Waals surface area (Å²) in [5.74, 6) is -0.202. The number of rotatable bonds is 3. The molecule has 0 heterocycles. The van der Waals surface area contributed by atoms with E-state index in [4.69, 9.17) is 0 Å². The van der Waals surface area contributed by atoms with Crippen LogP contribution in [0.5, 0.6) is 5.75 Å². The van der Waals surface area contributed by atoms with Crippen LogP contribution < -0.4 is 4.74 Å². The van der Waals surface area contributed by atoms with Crippen LogP contribution in [0.2, 0.25) is 0 Å². The van der Waals surface area contributed by atoms with Gasteiger partial charge in [-0.15, -0.1) is 13.2 Å². The van der Waals surface area contributed by atoms with Gasteiger partial charge >= 0.3 is 6.36 Å². The van der Waals surface area contributed by atoms with Crippen LogP contribution in [-0.2, 0) is 0 Å². The molecule has 0 amide bonds. The van der Waals surface area contributed by atoms with Crippen molar-refractivity contribution in [2.24, 2.45) is 4.99 Å². The Labute approximate surface area is 116 Å². The molecule has 5 heteroatoms. The molecule has 0 bridgehead atoms. The molecule has 0 spiro atoms. The first kappa shape index (κ1) is 14.9. The van der Waals surface area contributed by atoms with Gasteiger partial charge in [-0.1, -0.05) is 19.3 Å². The number of ether oxygens (including phenoxy) is 1. The Kier molecular flexibility index (Phi) is 4.68. The maximum Gasteiger partial charge on any atom is 0.573 e. The molecule has 110 valence electrons. The quantitative estimate of drug-likeness (QED) is 0.736. The normalized spacial score (nSPS) is 18.1. The smallest absolute Gasteiger partial charge is 0.406 e. The van der Waals surface area contributed by atoms with Crippen molar-refractivity contribution in [2.75, 3.05) is 0 Å². The van der Waals surface area contributed by atoms with Crippen molar-refractivity contribution in [2.45, 2.75) is 51.4 Å². The van der Waals surface area contributed by atoms with Crippen molar-refractivity contribution in [3.8, 4) is 5.75 Å². The summed E-state index contributed by atoms with van der Waals surface area (Å²) in [4.78, 5) is 4.66. The third-order valence-corrected chi connectivity index (χ3v) is 3.46. The number of aliphatic imine (C=N–C) groups is 1. The molecule has 1 aliphatic rings. The number of nitrogens with zero attached hydrogens (tertiary/aromatic N) is 1. The predicted octanol–water partition coefficient (Wildman–Crippen LogP) is 4.73. The van der Waals surface area contributed by atoms with Gasteiger partial charge in [0.05, 0.1) is 6.04 Å². The van der Waals surface area contributed by atoms with Gasteiger partial charge in [0, 0.05) is 5.71 Å². The molecule has 1 fully saturated rings. The van der Waals surface area contributed by atoms with E-state index in [1.165, 1.54) is 31.4 Å². The van der Waals surface area contributed by atoms with Crippen LogP contribution in [0.3, 0.4) is 0 Å². The van der Waals surface area contributed by atoms with E-state index in [1.54, 1.807) is 12.1 Å². The molecular formula is C15H18F3NO. The van der Waals surface area contributed by atoms with Gasteiger partial charge in [0.25, 0.3) is 0 Å². The van der Waals surface area contributed by atoms with Crippen molar-refractivity contribution in [1.82, 2.24) is 0 Å². The predicted molar refractivity (Wildman–Crippen MR) is 72.2 cm³/mol. The average Bonchev–Trinajstić information content (AvgIpc) is 2.39. The summed E-state index contributed by atoms with van der Waals surface area (Å²) in [6, 6.07) is 6.23. The van der Waals surface area contributed by atoms with Crippen LogP contribution >= 0.6 is 0 Å². The van der Waals surface area contributed by atoms with Crippen LogP contribution in [0.15, 0.2) is 29.3 Å². The first-order valence-corrected chi connectivity index (χ1v) is 6.84. The minimum absolute atomic E-state index is 0.202. The maximum atomic E-state index is 12.1. The summed E-state index contributed by atoms with van der Waals surface area (Å²) in [6.45, 7) is 1.90. The molecule has 1 saturated carbocycles. The average molecular weight is 285 g/mol.